The summed E-state index contributed by atoms with van der Waals surface area (Å²) in [6.07, 6.45) is 0. The van der Waals surface area contributed by atoms with Gasteiger partial charge in [-0.1, -0.05) is 158 Å². The van der Waals surface area contributed by atoms with Gasteiger partial charge in [-0.3, -0.25) is 0 Å². The van der Waals surface area contributed by atoms with E-state index in [0.29, 0.717) is 0 Å². The van der Waals surface area contributed by atoms with Crippen LogP contribution in [0.5, 0.6) is 0 Å². The third-order valence-electron chi connectivity index (χ3n) is 12.5. The second kappa shape index (κ2) is 15.3. The van der Waals surface area contributed by atoms with Gasteiger partial charge in [-0.2, -0.15) is 0 Å². The van der Waals surface area contributed by atoms with Gasteiger partial charge in [0.25, 0.3) is 0 Å². The van der Waals surface area contributed by atoms with Crippen LogP contribution in [0.15, 0.2) is 249 Å². The molecule has 0 bridgehead atoms. The fourth-order valence-electron chi connectivity index (χ4n) is 9.62. The average Bonchev–Trinajstić information content (AvgIpc) is 3.89. The minimum absolute atomic E-state index is 1.09. The van der Waals surface area contributed by atoms with E-state index in [-0.39, 0.29) is 0 Å². The Kier molecular flexibility index (Phi) is 8.83. The van der Waals surface area contributed by atoms with E-state index in [1.54, 1.807) is 0 Å². The topological polar surface area (TPSA) is 13.1 Å². The van der Waals surface area contributed by atoms with Gasteiger partial charge in [0.15, 0.2) is 0 Å². The summed E-state index contributed by atoms with van der Waals surface area (Å²) in [4.78, 5) is 2.35. The highest BCUT2D eigenvalue weighted by atomic mass is 15.1. The van der Waals surface area contributed by atoms with Gasteiger partial charge < -0.3 is 14.0 Å². The average molecular weight is 804 g/mol. The Morgan fingerprint density at radius 1 is 0.254 bits per heavy atom. The summed E-state index contributed by atoms with van der Waals surface area (Å²) in [6, 6.07) is 90.0. The molecule has 0 atom stereocenters. The van der Waals surface area contributed by atoms with Crippen molar-refractivity contribution in [1.29, 1.82) is 0 Å². The van der Waals surface area contributed by atoms with Crippen LogP contribution in [0.4, 0.5) is 17.1 Å². The fraction of sp³-hybridized carbons (Fsp3) is 0. The van der Waals surface area contributed by atoms with Crippen LogP contribution >= 0.6 is 0 Å². The van der Waals surface area contributed by atoms with Gasteiger partial charge in [-0.15, -0.1) is 0 Å². The number of benzene rings is 10. The van der Waals surface area contributed by atoms with E-state index in [1.165, 1.54) is 77.0 Å². The summed E-state index contributed by atoms with van der Waals surface area (Å²) in [5, 5.41) is 5.04. The molecular weight excluding hydrogens is 763 g/mol. The van der Waals surface area contributed by atoms with Crippen LogP contribution in [0.25, 0.3) is 88.4 Å². The number of para-hydroxylation sites is 4. The smallest absolute Gasteiger partial charge is 0.0547 e. The highest BCUT2D eigenvalue weighted by Gasteiger charge is 2.18. The molecular formula is C60H41N3. The highest BCUT2D eigenvalue weighted by Crippen LogP contribution is 2.41. The van der Waals surface area contributed by atoms with Crippen LogP contribution in [0.3, 0.4) is 0 Å². The molecule has 0 unspecified atom stereocenters. The second-order valence-corrected chi connectivity index (χ2v) is 16.1. The third kappa shape index (κ3) is 6.29. The van der Waals surface area contributed by atoms with E-state index in [9.17, 15) is 0 Å². The number of anilines is 3. The largest absolute Gasteiger partial charge is 0.311 e. The first-order valence-corrected chi connectivity index (χ1v) is 21.6. The number of fused-ring (bicyclic) bond motifs is 6. The monoisotopic (exact) mass is 803 g/mol. The minimum Gasteiger partial charge on any atom is -0.311 e. The Morgan fingerprint density at radius 3 is 1.27 bits per heavy atom. The minimum atomic E-state index is 1.09. The molecule has 0 spiro atoms. The molecule has 0 fully saturated rings. The van der Waals surface area contributed by atoms with E-state index in [2.05, 4.69) is 263 Å². The van der Waals surface area contributed by atoms with Gasteiger partial charge >= 0.3 is 0 Å². The van der Waals surface area contributed by atoms with Crippen molar-refractivity contribution in [2.45, 2.75) is 0 Å². The highest BCUT2D eigenvalue weighted by molar-refractivity contribution is 6.16. The standard InChI is InChI=1S/C60H41N3/c1-3-15-42(16-4-1)43-29-33-48(34-30-43)61(50-37-39-51(40-38-50)62-56-25-10-7-21-53(56)54-22-8-11-26-57(54)62)49-35-31-44(32-36-49)45-17-13-18-46(41-45)52-24-14-28-59-60(52)55-23-9-12-27-58(55)63(59)47-19-5-2-6-20-47/h1-41H. The quantitative estimate of drug-likeness (QED) is 0.149. The first-order valence-electron chi connectivity index (χ1n) is 21.6. The first-order chi connectivity index (χ1) is 31.3. The molecule has 3 heteroatoms. The molecule has 0 amide bonds. The van der Waals surface area contributed by atoms with Crippen LogP contribution in [0.1, 0.15) is 0 Å². The molecule has 10 aromatic carbocycles. The predicted molar refractivity (Wildman–Crippen MR) is 266 cm³/mol. The van der Waals surface area contributed by atoms with E-state index >= 15 is 0 Å². The van der Waals surface area contributed by atoms with Crippen LogP contribution in [-0.2, 0) is 0 Å². The van der Waals surface area contributed by atoms with Crippen molar-refractivity contribution in [3.63, 3.8) is 0 Å². The molecule has 0 saturated carbocycles. The Hall–Kier alpha value is -8.40. The molecule has 0 N–H and O–H groups in total. The molecule has 12 rings (SSSR count). The molecule has 0 aliphatic heterocycles. The van der Waals surface area contributed by atoms with Gasteiger partial charge in [0.1, 0.15) is 0 Å². The van der Waals surface area contributed by atoms with Gasteiger partial charge in [0.2, 0.25) is 0 Å². The SMILES string of the molecule is c1ccc(-c2ccc(N(c3ccc(-c4cccc(-c5cccc6c5c5ccccc5n6-c5ccccc5)c4)cc3)c3ccc(-n4c5ccccc5c5ccccc54)cc3)cc2)cc1. The van der Waals surface area contributed by atoms with E-state index in [4.69, 9.17) is 0 Å². The van der Waals surface area contributed by atoms with Crippen molar-refractivity contribution in [3.05, 3.63) is 249 Å². The number of aromatic nitrogens is 2. The van der Waals surface area contributed by atoms with Crippen molar-refractivity contribution in [3.8, 4) is 44.8 Å². The molecule has 2 heterocycles. The summed E-state index contributed by atoms with van der Waals surface area (Å²) in [5.74, 6) is 0. The maximum atomic E-state index is 2.38. The van der Waals surface area contributed by atoms with Crippen LogP contribution < -0.4 is 4.90 Å². The van der Waals surface area contributed by atoms with E-state index < -0.39 is 0 Å². The lowest BCUT2D eigenvalue weighted by atomic mass is 9.95. The van der Waals surface area contributed by atoms with Crippen LogP contribution in [0.2, 0.25) is 0 Å². The van der Waals surface area contributed by atoms with Crippen molar-refractivity contribution in [2.75, 3.05) is 4.90 Å². The summed E-state index contributed by atoms with van der Waals surface area (Å²) in [6.45, 7) is 0. The molecule has 63 heavy (non-hydrogen) atoms. The fourth-order valence-corrected chi connectivity index (χ4v) is 9.62. The Labute approximate surface area is 366 Å². The molecule has 3 nitrogen and oxygen atoms in total. The lowest BCUT2D eigenvalue weighted by Gasteiger charge is -2.26. The second-order valence-electron chi connectivity index (χ2n) is 16.1. The number of rotatable bonds is 8. The summed E-state index contributed by atoms with van der Waals surface area (Å²) < 4.78 is 4.76. The van der Waals surface area contributed by atoms with E-state index in [0.717, 1.165) is 28.4 Å². The van der Waals surface area contributed by atoms with E-state index in [1.807, 2.05) is 0 Å². The molecule has 0 aliphatic carbocycles. The molecule has 296 valence electrons. The van der Waals surface area contributed by atoms with Gasteiger partial charge in [-0.05, 0) is 124 Å². The zero-order valence-corrected chi connectivity index (χ0v) is 34.5. The van der Waals surface area contributed by atoms with Crippen molar-refractivity contribution < 1.29 is 0 Å². The maximum absolute atomic E-state index is 2.38. The van der Waals surface area contributed by atoms with Crippen LogP contribution in [0, 0.1) is 0 Å². The molecule has 12 aromatic rings. The number of hydrogen-bond donors (Lipinski definition) is 0. The summed E-state index contributed by atoms with van der Waals surface area (Å²) in [7, 11) is 0. The normalized spacial score (nSPS) is 11.5. The van der Waals surface area contributed by atoms with Gasteiger partial charge in [-0.25, -0.2) is 0 Å². The first kappa shape index (κ1) is 36.5. The molecule has 0 radical (unpaired) electrons. The van der Waals surface area contributed by atoms with Gasteiger partial charge in [0.05, 0.1) is 22.1 Å². The lowest BCUT2D eigenvalue weighted by Crippen LogP contribution is -2.10. The Balaban J connectivity index is 0.929. The third-order valence-corrected chi connectivity index (χ3v) is 12.5. The van der Waals surface area contributed by atoms with Crippen molar-refractivity contribution >= 4 is 60.7 Å². The van der Waals surface area contributed by atoms with Crippen molar-refractivity contribution in [1.82, 2.24) is 9.13 Å². The summed E-state index contributed by atoms with van der Waals surface area (Å²) >= 11 is 0. The Morgan fingerprint density at radius 2 is 0.651 bits per heavy atom. The predicted octanol–water partition coefficient (Wildman–Crippen LogP) is 16.4. The number of nitrogens with zero attached hydrogens (tertiary/aromatic N) is 3. The van der Waals surface area contributed by atoms with Gasteiger partial charge in [0, 0.05) is 50.0 Å². The zero-order chi connectivity index (χ0) is 41.7. The summed E-state index contributed by atoms with van der Waals surface area (Å²) in [5.41, 5.74) is 17.5. The van der Waals surface area contributed by atoms with Crippen molar-refractivity contribution in [2.24, 2.45) is 0 Å². The Bertz CT molecular complexity index is 3530. The maximum Gasteiger partial charge on any atom is 0.0547 e. The molecule has 0 aliphatic rings. The molecule has 2 aromatic heterocycles. The zero-order valence-electron chi connectivity index (χ0n) is 34.5. The van der Waals surface area contributed by atoms with Crippen LogP contribution in [-0.4, -0.2) is 9.13 Å². The number of hydrogen-bond acceptors (Lipinski definition) is 1. The lowest BCUT2D eigenvalue weighted by molar-refractivity contribution is 1.17. The molecule has 0 saturated heterocycles.